The number of rotatable bonds is 5. The van der Waals surface area contributed by atoms with Crippen LogP contribution in [0.15, 0.2) is 28.7 Å². The molecule has 0 heterocycles. The maximum atomic E-state index is 8.75. The average Bonchev–Trinajstić information content (AvgIpc) is 2.17. The highest BCUT2D eigenvalue weighted by Crippen LogP contribution is 2.20. The first-order valence-corrected chi connectivity index (χ1v) is 6.53. The summed E-state index contributed by atoms with van der Waals surface area (Å²) in [6, 6.07) is 8.38. The number of aliphatic hydroxyl groups is 1. The van der Waals surface area contributed by atoms with Gasteiger partial charge < -0.3 is 5.11 Å². The summed E-state index contributed by atoms with van der Waals surface area (Å²) in [5.41, 5.74) is 1.34. The minimum Gasteiger partial charge on any atom is -0.396 e. The molecule has 0 aliphatic rings. The predicted molar refractivity (Wildman–Crippen MR) is 66.6 cm³/mol. The van der Waals surface area contributed by atoms with Crippen LogP contribution in [0.1, 0.15) is 18.9 Å². The van der Waals surface area contributed by atoms with E-state index in [9.17, 15) is 0 Å². The third kappa shape index (κ3) is 4.49. The molecule has 1 unspecified atom stereocenters. The second kappa shape index (κ2) is 6.49. The van der Waals surface area contributed by atoms with E-state index in [1.165, 1.54) is 5.56 Å². The van der Waals surface area contributed by atoms with Gasteiger partial charge in [0.25, 0.3) is 0 Å². The molecule has 0 aliphatic carbocycles. The third-order valence-electron chi connectivity index (χ3n) is 1.98. The lowest BCUT2D eigenvalue weighted by atomic mass is 10.2. The van der Waals surface area contributed by atoms with E-state index in [0.29, 0.717) is 5.25 Å². The minimum atomic E-state index is 0.286. The third-order valence-corrected chi connectivity index (χ3v) is 3.82. The summed E-state index contributed by atoms with van der Waals surface area (Å²) in [6.45, 7) is 2.44. The zero-order valence-electron chi connectivity index (χ0n) is 8.24. The van der Waals surface area contributed by atoms with Crippen molar-refractivity contribution in [2.45, 2.75) is 24.3 Å². The fourth-order valence-electron chi connectivity index (χ4n) is 1.08. The normalized spacial score (nSPS) is 12.8. The summed E-state index contributed by atoms with van der Waals surface area (Å²) in [4.78, 5) is 0. The summed E-state index contributed by atoms with van der Waals surface area (Å²) < 4.78 is 1.12. The number of benzene rings is 1. The van der Waals surface area contributed by atoms with Crippen molar-refractivity contribution in [3.63, 3.8) is 0 Å². The van der Waals surface area contributed by atoms with Gasteiger partial charge in [0.1, 0.15) is 0 Å². The smallest absolute Gasteiger partial charge is 0.0441 e. The molecule has 78 valence electrons. The largest absolute Gasteiger partial charge is 0.396 e. The van der Waals surface area contributed by atoms with Crippen LogP contribution in [0.25, 0.3) is 0 Å². The van der Waals surface area contributed by atoms with Gasteiger partial charge in [-0.05, 0) is 24.1 Å². The van der Waals surface area contributed by atoms with Gasteiger partial charge in [-0.2, -0.15) is 11.8 Å². The Morgan fingerprint density at radius 1 is 1.36 bits per heavy atom. The standard InChI is InChI=1S/C11H15BrOS/c1-9(6-7-13)14-8-10-2-4-11(12)5-3-10/h2-5,9,13H,6-8H2,1H3. The maximum Gasteiger partial charge on any atom is 0.0441 e. The zero-order chi connectivity index (χ0) is 10.4. The molecule has 0 saturated heterocycles. The molecule has 0 bridgehead atoms. The van der Waals surface area contributed by atoms with Crippen molar-refractivity contribution in [1.82, 2.24) is 0 Å². The van der Waals surface area contributed by atoms with E-state index < -0.39 is 0 Å². The fraction of sp³-hybridized carbons (Fsp3) is 0.455. The molecule has 0 fully saturated rings. The van der Waals surface area contributed by atoms with Crippen molar-refractivity contribution < 1.29 is 5.11 Å². The Bertz CT molecular complexity index is 260. The Hall–Kier alpha value is 0.01000. The fourth-order valence-corrected chi connectivity index (χ4v) is 2.29. The molecule has 14 heavy (non-hydrogen) atoms. The molecule has 0 aliphatic heterocycles. The molecule has 1 aromatic carbocycles. The average molecular weight is 275 g/mol. The quantitative estimate of drug-likeness (QED) is 0.888. The highest BCUT2D eigenvalue weighted by atomic mass is 79.9. The minimum absolute atomic E-state index is 0.286. The number of aliphatic hydroxyl groups excluding tert-OH is 1. The van der Waals surface area contributed by atoms with Crippen molar-refractivity contribution in [2.24, 2.45) is 0 Å². The lowest BCUT2D eigenvalue weighted by Crippen LogP contribution is -1.99. The molecule has 0 amide bonds. The highest BCUT2D eigenvalue weighted by Gasteiger charge is 2.01. The van der Waals surface area contributed by atoms with Crippen LogP contribution in [0.3, 0.4) is 0 Å². The Balaban J connectivity index is 2.34. The molecule has 1 atom stereocenters. The number of hydrogen-bond acceptors (Lipinski definition) is 2. The SMILES string of the molecule is CC(CCO)SCc1ccc(Br)cc1. The molecule has 0 saturated carbocycles. The van der Waals surface area contributed by atoms with E-state index in [1.54, 1.807) is 0 Å². The summed E-state index contributed by atoms with van der Waals surface area (Å²) in [5.74, 6) is 1.02. The summed E-state index contributed by atoms with van der Waals surface area (Å²) in [6.07, 6.45) is 0.876. The molecular formula is C11H15BrOS. The zero-order valence-corrected chi connectivity index (χ0v) is 10.6. The van der Waals surface area contributed by atoms with Gasteiger partial charge in [-0.25, -0.2) is 0 Å². The molecule has 1 nitrogen and oxygen atoms in total. The van der Waals surface area contributed by atoms with Crippen molar-refractivity contribution in [2.75, 3.05) is 6.61 Å². The van der Waals surface area contributed by atoms with Crippen LogP contribution in [-0.2, 0) is 5.75 Å². The van der Waals surface area contributed by atoms with Gasteiger partial charge in [0.2, 0.25) is 0 Å². The van der Waals surface area contributed by atoms with E-state index in [2.05, 4.69) is 47.1 Å². The van der Waals surface area contributed by atoms with E-state index in [-0.39, 0.29) is 6.61 Å². The van der Waals surface area contributed by atoms with Gasteiger partial charge in [0.05, 0.1) is 0 Å². The number of thioether (sulfide) groups is 1. The second-order valence-electron chi connectivity index (χ2n) is 3.26. The molecule has 1 rings (SSSR count). The van der Waals surface area contributed by atoms with E-state index in [0.717, 1.165) is 16.6 Å². The van der Waals surface area contributed by atoms with Gasteiger partial charge in [-0.15, -0.1) is 0 Å². The van der Waals surface area contributed by atoms with Crippen LogP contribution in [0, 0.1) is 0 Å². The van der Waals surface area contributed by atoms with Gasteiger partial charge in [0.15, 0.2) is 0 Å². The van der Waals surface area contributed by atoms with Crippen molar-refractivity contribution in [3.8, 4) is 0 Å². The van der Waals surface area contributed by atoms with Gasteiger partial charge in [0, 0.05) is 22.1 Å². The first-order valence-electron chi connectivity index (χ1n) is 4.69. The van der Waals surface area contributed by atoms with Crippen LogP contribution >= 0.6 is 27.7 Å². The Labute approximate surface area is 98.0 Å². The predicted octanol–water partition coefficient (Wildman–Crippen LogP) is 3.45. The molecule has 1 aromatic rings. The first kappa shape index (κ1) is 12.1. The van der Waals surface area contributed by atoms with Crippen LogP contribution in [-0.4, -0.2) is 17.0 Å². The lowest BCUT2D eigenvalue weighted by Gasteiger charge is -2.08. The highest BCUT2D eigenvalue weighted by molar-refractivity contribution is 9.10. The number of halogens is 1. The van der Waals surface area contributed by atoms with Crippen molar-refractivity contribution >= 4 is 27.7 Å². The second-order valence-corrected chi connectivity index (χ2v) is 5.60. The Morgan fingerprint density at radius 3 is 2.57 bits per heavy atom. The van der Waals surface area contributed by atoms with Crippen LogP contribution in [0.2, 0.25) is 0 Å². The van der Waals surface area contributed by atoms with Crippen molar-refractivity contribution in [3.05, 3.63) is 34.3 Å². The monoisotopic (exact) mass is 274 g/mol. The summed E-state index contributed by atoms with van der Waals surface area (Å²) in [7, 11) is 0. The summed E-state index contributed by atoms with van der Waals surface area (Å²) >= 11 is 5.30. The van der Waals surface area contributed by atoms with E-state index in [4.69, 9.17) is 5.11 Å². The number of hydrogen-bond donors (Lipinski definition) is 1. The molecule has 1 N–H and O–H groups in total. The topological polar surface area (TPSA) is 20.2 Å². The molecule has 0 radical (unpaired) electrons. The molecule has 0 aromatic heterocycles. The van der Waals surface area contributed by atoms with Gasteiger partial charge in [-0.3, -0.25) is 0 Å². The van der Waals surface area contributed by atoms with Crippen molar-refractivity contribution in [1.29, 1.82) is 0 Å². The van der Waals surface area contributed by atoms with Crippen LogP contribution in [0.5, 0.6) is 0 Å². The van der Waals surface area contributed by atoms with E-state index >= 15 is 0 Å². The summed E-state index contributed by atoms with van der Waals surface area (Å²) in [5, 5.41) is 9.28. The lowest BCUT2D eigenvalue weighted by molar-refractivity contribution is 0.289. The van der Waals surface area contributed by atoms with Crippen LogP contribution in [0.4, 0.5) is 0 Å². The molecular weight excluding hydrogens is 260 g/mol. The van der Waals surface area contributed by atoms with E-state index in [1.807, 2.05) is 11.8 Å². The molecule has 3 heteroatoms. The van der Waals surface area contributed by atoms with Gasteiger partial charge in [-0.1, -0.05) is 35.0 Å². The van der Waals surface area contributed by atoms with Gasteiger partial charge >= 0.3 is 0 Å². The molecule has 0 spiro atoms. The Morgan fingerprint density at radius 2 is 2.00 bits per heavy atom. The Kier molecular flexibility index (Phi) is 5.60. The van der Waals surface area contributed by atoms with Crippen LogP contribution < -0.4 is 0 Å². The first-order chi connectivity index (χ1) is 6.72. The maximum absolute atomic E-state index is 8.75.